The first kappa shape index (κ1) is 10.8. The van der Waals surface area contributed by atoms with Crippen molar-refractivity contribution in [1.29, 1.82) is 0 Å². The lowest BCUT2D eigenvalue weighted by molar-refractivity contribution is -0.276. The van der Waals surface area contributed by atoms with Gasteiger partial charge in [-0.3, -0.25) is 0 Å². The molecule has 0 aromatic carbocycles. The standard InChI is InChI=1S/C6H2ClF3INO/c7-4-1-3(11)2-12-5(4)13-6(8,9)10/h1-2H. The van der Waals surface area contributed by atoms with E-state index in [1.807, 2.05) is 22.6 Å². The van der Waals surface area contributed by atoms with Crippen molar-refractivity contribution in [3.05, 3.63) is 20.9 Å². The second-order valence-electron chi connectivity index (χ2n) is 1.99. The van der Waals surface area contributed by atoms with Gasteiger partial charge in [-0.25, -0.2) is 4.98 Å². The largest absolute Gasteiger partial charge is 0.574 e. The number of halogens is 5. The van der Waals surface area contributed by atoms with Gasteiger partial charge < -0.3 is 4.74 Å². The molecule has 0 amide bonds. The molecule has 0 spiro atoms. The topological polar surface area (TPSA) is 22.1 Å². The molecule has 0 bridgehead atoms. The second-order valence-corrected chi connectivity index (χ2v) is 3.64. The summed E-state index contributed by atoms with van der Waals surface area (Å²) in [7, 11) is 0. The van der Waals surface area contributed by atoms with E-state index in [1.165, 1.54) is 12.3 Å². The molecule has 0 fully saturated rings. The molecule has 0 N–H and O–H groups in total. The van der Waals surface area contributed by atoms with Crippen LogP contribution in [0.25, 0.3) is 0 Å². The van der Waals surface area contributed by atoms with Crippen LogP contribution in [0.15, 0.2) is 12.3 Å². The zero-order valence-corrected chi connectivity index (χ0v) is 8.81. The van der Waals surface area contributed by atoms with Crippen molar-refractivity contribution in [3.63, 3.8) is 0 Å². The highest BCUT2D eigenvalue weighted by molar-refractivity contribution is 14.1. The van der Waals surface area contributed by atoms with Crippen molar-refractivity contribution in [1.82, 2.24) is 4.98 Å². The number of aromatic nitrogens is 1. The van der Waals surface area contributed by atoms with Crippen LogP contribution in [0.3, 0.4) is 0 Å². The third-order valence-electron chi connectivity index (χ3n) is 0.986. The Labute approximate surface area is 90.2 Å². The van der Waals surface area contributed by atoms with E-state index in [4.69, 9.17) is 11.6 Å². The van der Waals surface area contributed by atoms with E-state index < -0.39 is 12.2 Å². The Bertz CT molecular complexity index is 317. The molecular weight excluding hydrogens is 321 g/mol. The number of rotatable bonds is 1. The SMILES string of the molecule is FC(F)(F)Oc1ncc(I)cc1Cl. The highest BCUT2D eigenvalue weighted by Gasteiger charge is 2.32. The van der Waals surface area contributed by atoms with E-state index in [2.05, 4.69) is 9.72 Å². The molecule has 2 nitrogen and oxygen atoms in total. The lowest BCUT2D eigenvalue weighted by Crippen LogP contribution is -2.18. The van der Waals surface area contributed by atoms with Gasteiger partial charge in [0.05, 0.1) is 0 Å². The molecule has 0 aliphatic heterocycles. The molecule has 1 heterocycles. The molecule has 7 heteroatoms. The quantitative estimate of drug-likeness (QED) is 0.740. The van der Waals surface area contributed by atoms with E-state index in [0.717, 1.165) is 0 Å². The first-order valence-corrected chi connectivity index (χ1v) is 4.41. The maximum absolute atomic E-state index is 11.7. The molecule has 0 radical (unpaired) electrons. The van der Waals surface area contributed by atoms with Crippen molar-refractivity contribution < 1.29 is 17.9 Å². The van der Waals surface area contributed by atoms with E-state index in [9.17, 15) is 13.2 Å². The van der Waals surface area contributed by atoms with Crippen LogP contribution in [0.4, 0.5) is 13.2 Å². The minimum absolute atomic E-state index is 0.163. The summed E-state index contributed by atoms with van der Waals surface area (Å²) >= 11 is 7.32. The summed E-state index contributed by atoms with van der Waals surface area (Å²) in [5.74, 6) is -0.630. The van der Waals surface area contributed by atoms with Crippen molar-refractivity contribution in [2.75, 3.05) is 0 Å². The van der Waals surface area contributed by atoms with Crippen molar-refractivity contribution in [3.8, 4) is 5.88 Å². The van der Waals surface area contributed by atoms with E-state index in [1.54, 1.807) is 0 Å². The van der Waals surface area contributed by atoms with Gasteiger partial charge in [0.2, 0.25) is 5.88 Å². The van der Waals surface area contributed by atoms with Gasteiger partial charge in [0.15, 0.2) is 0 Å². The van der Waals surface area contributed by atoms with Gasteiger partial charge in [0.25, 0.3) is 0 Å². The minimum atomic E-state index is -4.76. The van der Waals surface area contributed by atoms with Crippen LogP contribution < -0.4 is 4.74 Å². The van der Waals surface area contributed by atoms with Gasteiger partial charge in [-0.1, -0.05) is 11.6 Å². The van der Waals surface area contributed by atoms with Crippen molar-refractivity contribution in [2.24, 2.45) is 0 Å². The molecule has 13 heavy (non-hydrogen) atoms. The number of pyridine rings is 1. The molecule has 0 saturated heterocycles. The second kappa shape index (κ2) is 3.87. The Balaban J connectivity index is 2.90. The Morgan fingerprint density at radius 3 is 2.54 bits per heavy atom. The number of nitrogens with zero attached hydrogens (tertiary/aromatic N) is 1. The van der Waals surface area contributed by atoms with E-state index >= 15 is 0 Å². The van der Waals surface area contributed by atoms with Crippen LogP contribution in [0.1, 0.15) is 0 Å². The minimum Gasteiger partial charge on any atom is -0.386 e. The maximum Gasteiger partial charge on any atom is 0.574 e. The lowest BCUT2D eigenvalue weighted by Gasteiger charge is -2.08. The van der Waals surface area contributed by atoms with Gasteiger partial charge >= 0.3 is 6.36 Å². The Kier molecular flexibility index (Phi) is 3.23. The fourth-order valence-electron chi connectivity index (χ4n) is 0.587. The molecule has 1 rings (SSSR count). The van der Waals surface area contributed by atoms with Crippen LogP contribution in [-0.4, -0.2) is 11.3 Å². The third kappa shape index (κ3) is 3.55. The predicted molar refractivity (Wildman–Crippen MR) is 48.6 cm³/mol. The molecule has 0 unspecified atom stereocenters. The molecule has 0 saturated carbocycles. The van der Waals surface area contributed by atoms with Gasteiger partial charge in [-0.2, -0.15) is 0 Å². The Hall–Kier alpha value is -0.240. The predicted octanol–water partition coefficient (Wildman–Crippen LogP) is 3.24. The summed E-state index contributed by atoms with van der Waals surface area (Å²) in [5.41, 5.74) is 0. The molecule has 0 aliphatic carbocycles. The first-order chi connectivity index (χ1) is 5.88. The van der Waals surface area contributed by atoms with Gasteiger partial charge in [-0.15, -0.1) is 13.2 Å². The zero-order valence-electron chi connectivity index (χ0n) is 5.90. The molecule has 72 valence electrons. The fraction of sp³-hybridized carbons (Fsp3) is 0.167. The molecule has 1 aromatic heterocycles. The van der Waals surface area contributed by atoms with Crippen LogP contribution >= 0.6 is 34.2 Å². The van der Waals surface area contributed by atoms with Crippen molar-refractivity contribution in [2.45, 2.75) is 6.36 Å². The average Bonchev–Trinajstić information content (AvgIpc) is 1.93. The Morgan fingerprint density at radius 2 is 2.08 bits per heavy atom. The zero-order chi connectivity index (χ0) is 10.1. The normalized spacial score (nSPS) is 11.5. The summed E-state index contributed by atoms with van der Waals surface area (Å²) in [5, 5.41) is -0.163. The number of alkyl halides is 3. The van der Waals surface area contributed by atoms with Gasteiger partial charge in [0.1, 0.15) is 5.02 Å². The van der Waals surface area contributed by atoms with Crippen LogP contribution in [0.5, 0.6) is 5.88 Å². The van der Waals surface area contributed by atoms with Crippen molar-refractivity contribution >= 4 is 34.2 Å². The summed E-state index contributed by atoms with van der Waals surface area (Å²) in [6, 6.07) is 1.33. The maximum atomic E-state index is 11.7. The van der Waals surface area contributed by atoms with Crippen LogP contribution in [0, 0.1) is 3.57 Å². The molecule has 1 aromatic rings. The van der Waals surface area contributed by atoms with Gasteiger partial charge in [0, 0.05) is 9.77 Å². The van der Waals surface area contributed by atoms with Gasteiger partial charge in [-0.05, 0) is 28.7 Å². The summed E-state index contributed by atoms with van der Waals surface area (Å²) < 4.78 is 39.3. The molecule has 0 atom stereocenters. The molecular formula is C6H2ClF3INO. The monoisotopic (exact) mass is 323 g/mol. The van der Waals surface area contributed by atoms with E-state index in [0.29, 0.717) is 3.57 Å². The lowest BCUT2D eigenvalue weighted by atomic mass is 10.5. The average molecular weight is 323 g/mol. The highest BCUT2D eigenvalue weighted by atomic mass is 127. The number of hydrogen-bond acceptors (Lipinski definition) is 2. The summed E-state index contributed by atoms with van der Waals surface area (Å²) in [6.07, 6.45) is -3.53. The molecule has 0 aliphatic rings. The fourth-order valence-corrected chi connectivity index (χ4v) is 1.43. The first-order valence-electron chi connectivity index (χ1n) is 2.95. The number of ether oxygens (including phenoxy) is 1. The third-order valence-corrected chi connectivity index (χ3v) is 1.85. The van der Waals surface area contributed by atoms with Crippen LogP contribution in [0.2, 0.25) is 5.02 Å². The summed E-state index contributed by atoms with van der Waals surface area (Å²) in [4.78, 5) is 3.38. The van der Waals surface area contributed by atoms with Crippen LogP contribution in [-0.2, 0) is 0 Å². The highest BCUT2D eigenvalue weighted by Crippen LogP contribution is 2.28. The summed E-state index contributed by atoms with van der Waals surface area (Å²) in [6.45, 7) is 0. The number of hydrogen-bond donors (Lipinski definition) is 0. The van der Waals surface area contributed by atoms with E-state index in [-0.39, 0.29) is 5.02 Å². The Morgan fingerprint density at radius 1 is 1.46 bits per heavy atom. The smallest absolute Gasteiger partial charge is 0.386 e.